The SMILES string of the molecule is c1ccc(-c2cc(-c3nc(-c4ccccc4)nc(-c4ccccc4)n3)cc(-c3cccc4c3oc3c(-c5cccnc5)cccc34)c2)cc1. The summed E-state index contributed by atoms with van der Waals surface area (Å²) in [6.45, 7) is 0. The van der Waals surface area contributed by atoms with Gasteiger partial charge in [0.2, 0.25) is 0 Å². The lowest BCUT2D eigenvalue weighted by Gasteiger charge is -2.12. The zero-order valence-electron chi connectivity index (χ0n) is 26.4. The second-order valence-corrected chi connectivity index (χ2v) is 11.9. The van der Waals surface area contributed by atoms with Crippen molar-refractivity contribution in [3.05, 3.63) is 170 Å². The number of para-hydroxylation sites is 2. The van der Waals surface area contributed by atoms with E-state index in [0.29, 0.717) is 17.5 Å². The van der Waals surface area contributed by atoms with Gasteiger partial charge in [-0.05, 0) is 41.0 Å². The van der Waals surface area contributed by atoms with E-state index in [9.17, 15) is 0 Å². The minimum atomic E-state index is 0.599. The van der Waals surface area contributed by atoms with E-state index in [-0.39, 0.29) is 0 Å². The molecule has 0 saturated carbocycles. The monoisotopic (exact) mass is 628 g/mol. The molecule has 9 aromatic rings. The van der Waals surface area contributed by atoms with Crippen molar-refractivity contribution in [3.8, 4) is 67.5 Å². The number of aromatic nitrogens is 4. The number of benzene rings is 6. The standard InChI is InChI=1S/C44H28N4O/c1-4-13-29(14-5-1)33-25-34(37-21-11-23-39-38-22-10-20-36(40(38)49-41(37)39)32-19-12-24-45-28-32)27-35(26-33)44-47-42(30-15-6-2-7-16-30)46-43(48-44)31-17-8-3-9-18-31/h1-28H. The van der Waals surface area contributed by atoms with Gasteiger partial charge in [-0.15, -0.1) is 0 Å². The number of hydrogen-bond donors (Lipinski definition) is 0. The second-order valence-electron chi connectivity index (χ2n) is 11.9. The highest BCUT2D eigenvalue weighted by Gasteiger charge is 2.19. The molecule has 0 aliphatic carbocycles. The maximum Gasteiger partial charge on any atom is 0.164 e. The van der Waals surface area contributed by atoms with Gasteiger partial charge in [-0.2, -0.15) is 0 Å². The van der Waals surface area contributed by atoms with E-state index in [2.05, 4.69) is 89.9 Å². The first-order valence-electron chi connectivity index (χ1n) is 16.2. The fourth-order valence-electron chi connectivity index (χ4n) is 6.44. The van der Waals surface area contributed by atoms with Gasteiger partial charge in [0.15, 0.2) is 17.5 Å². The molecule has 49 heavy (non-hydrogen) atoms. The molecule has 9 rings (SSSR count). The third-order valence-corrected chi connectivity index (χ3v) is 8.81. The molecule has 3 heterocycles. The van der Waals surface area contributed by atoms with Crippen LogP contribution in [0.4, 0.5) is 0 Å². The highest BCUT2D eigenvalue weighted by atomic mass is 16.3. The van der Waals surface area contributed by atoms with Crippen LogP contribution in [0.3, 0.4) is 0 Å². The van der Waals surface area contributed by atoms with E-state index in [1.165, 1.54) is 0 Å². The molecule has 5 nitrogen and oxygen atoms in total. The normalized spacial score (nSPS) is 11.3. The van der Waals surface area contributed by atoms with E-state index in [1.807, 2.05) is 79.0 Å². The third kappa shape index (κ3) is 5.33. The van der Waals surface area contributed by atoms with Crippen molar-refractivity contribution in [1.82, 2.24) is 19.9 Å². The minimum Gasteiger partial charge on any atom is -0.455 e. The summed E-state index contributed by atoms with van der Waals surface area (Å²) in [4.78, 5) is 19.4. The summed E-state index contributed by atoms with van der Waals surface area (Å²) in [6.07, 6.45) is 3.66. The zero-order valence-corrected chi connectivity index (χ0v) is 26.4. The summed E-state index contributed by atoms with van der Waals surface area (Å²) in [6, 6.07) is 53.7. The topological polar surface area (TPSA) is 64.7 Å². The smallest absolute Gasteiger partial charge is 0.164 e. The van der Waals surface area contributed by atoms with Gasteiger partial charge >= 0.3 is 0 Å². The van der Waals surface area contributed by atoms with E-state index < -0.39 is 0 Å². The molecule has 0 atom stereocenters. The Kier molecular flexibility index (Phi) is 7.06. The predicted octanol–water partition coefficient (Wildman–Crippen LogP) is 11.2. The van der Waals surface area contributed by atoms with Crippen molar-refractivity contribution in [3.63, 3.8) is 0 Å². The molecular weight excluding hydrogens is 601 g/mol. The van der Waals surface area contributed by atoms with Crippen molar-refractivity contribution >= 4 is 21.9 Å². The molecule has 0 unspecified atom stereocenters. The van der Waals surface area contributed by atoms with Crippen LogP contribution in [0.15, 0.2) is 175 Å². The lowest BCUT2D eigenvalue weighted by molar-refractivity contribution is 0.671. The summed E-state index contributed by atoms with van der Waals surface area (Å²) in [5.41, 5.74) is 10.6. The minimum absolute atomic E-state index is 0.599. The van der Waals surface area contributed by atoms with E-state index >= 15 is 0 Å². The summed E-state index contributed by atoms with van der Waals surface area (Å²) in [5.74, 6) is 1.85. The molecular formula is C44H28N4O. The van der Waals surface area contributed by atoms with Gasteiger partial charge in [0.1, 0.15) is 11.2 Å². The molecule has 3 aromatic heterocycles. The number of nitrogens with zero attached hydrogens (tertiary/aromatic N) is 4. The maximum absolute atomic E-state index is 6.80. The molecule has 0 aliphatic heterocycles. The van der Waals surface area contributed by atoms with Crippen LogP contribution in [0.2, 0.25) is 0 Å². The Hall–Kier alpha value is -6.72. The Morgan fingerprint density at radius 1 is 0.347 bits per heavy atom. The van der Waals surface area contributed by atoms with Crippen LogP contribution in [-0.4, -0.2) is 19.9 Å². The van der Waals surface area contributed by atoms with Crippen LogP contribution in [0.1, 0.15) is 0 Å². The Morgan fingerprint density at radius 2 is 0.816 bits per heavy atom. The van der Waals surface area contributed by atoms with Gasteiger partial charge in [-0.25, -0.2) is 15.0 Å². The van der Waals surface area contributed by atoms with Crippen molar-refractivity contribution in [2.24, 2.45) is 0 Å². The highest BCUT2D eigenvalue weighted by molar-refractivity contribution is 6.13. The number of hydrogen-bond acceptors (Lipinski definition) is 5. The summed E-state index contributed by atoms with van der Waals surface area (Å²) < 4.78 is 6.80. The molecule has 0 radical (unpaired) electrons. The number of furan rings is 1. The van der Waals surface area contributed by atoms with Gasteiger partial charge in [-0.1, -0.05) is 133 Å². The van der Waals surface area contributed by atoms with Crippen LogP contribution < -0.4 is 0 Å². The largest absolute Gasteiger partial charge is 0.455 e. The zero-order chi connectivity index (χ0) is 32.6. The van der Waals surface area contributed by atoms with E-state index in [1.54, 1.807) is 6.20 Å². The lowest BCUT2D eigenvalue weighted by Crippen LogP contribution is -2.00. The van der Waals surface area contributed by atoms with Crippen LogP contribution in [-0.2, 0) is 0 Å². The number of rotatable bonds is 6. The predicted molar refractivity (Wildman–Crippen MR) is 198 cm³/mol. The van der Waals surface area contributed by atoms with Gasteiger partial charge in [-0.3, -0.25) is 4.98 Å². The second kappa shape index (κ2) is 12.1. The summed E-state index contributed by atoms with van der Waals surface area (Å²) >= 11 is 0. The number of fused-ring (bicyclic) bond motifs is 3. The van der Waals surface area contributed by atoms with Crippen LogP contribution >= 0.6 is 0 Å². The summed E-state index contributed by atoms with van der Waals surface area (Å²) in [5, 5.41) is 2.12. The fraction of sp³-hybridized carbons (Fsp3) is 0. The average Bonchev–Trinajstić information content (AvgIpc) is 3.58. The van der Waals surface area contributed by atoms with Crippen molar-refractivity contribution in [2.75, 3.05) is 0 Å². The molecule has 0 amide bonds. The molecule has 0 N–H and O–H groups in total. The van der Waals surface area contributed by atoms with Gasteiger partial charge in [0.25, 0.3) is 0 Å². The van der Waals surface area contributed by atoms with Crippen LogP contribution in [0, 0.1) is 0 Å². The van der Waals surface area contributed by atoms with Gasteiger partial charge in [0, 0.05) is 56.5 Å². The van der Waals surface area contributed by atoms with Crippen molar-refractivity contribution in [2.45, 2.75) is 0 Å². The Labute approximate surface area is 283 Å². The summed E-state index contributed by atoms with van der Waals surface area (Å²) in [7, 11) is 0. The average molecular weight is 629 g/mol. The first-order chi connectivity index (χ1) is 24.3. The molecule has 0 saturated heterocycles. The number of pyridine rings is 1. The fourth-order valence-corrected chi connectivity index (χ4v) is 6.44. The van der Waals surface area contributed by atoms with Gasteiger partial charge < -0.3 is 4.42 Å². The quantitative estimate of drug-likeness (QED) is 0.183. The van der Waals surface area contributed by atoms with Crippen molar-refractivity contribution < 1.29 is 4.42 Å². The lowest BCUT2D eigenvalue weighted by atomic mass is 9.94. The Morgan fingerprint density at radius 3 is 1.37 bits per heavy atom. The van der Waals surface area contributed by atoms with Gasteiger partial charge in [0.05, 0.1) is 0 Å². The first-order valence-corrected chi connectivity index (χ1v) is 16.2. The Bertz CT molecular complexity index is 2530. The van der Waals surface area contributed by atoms with E-state index in [0.717, 1.165) is 72.0 Å². The van der Waals surface area contributed by atoms with Crippen LogP contribution in [0.5, 0.6) is 0 Å². The molecule has 0 bridgehead atoms. The van der Waals surface area contributed by atoms with Crippen LogP contribution in [0.25, 0.3) is 89.5 Å². The molecule has 230 valence electrons. The van der Waals surface area contributed by atoms with E-state index in [4.69, 9.17) is 19.4 Å². The first kappa shape index (κ1) is 28.5. The highest BCUT2D eigenvalue weighted by Crippen LogP contribution is 2.41. The third-order valence-electron chi connectivity index (χ3n) is 8.81. The molecule has 5 heteroatoms. The Balaban J connectivity index is 1.28. The maximum atomic E-state index is 6.80. The molecule has 0 spiro atoms. The van der Waals surface area contributed by atoms with Crippen molar-refractivity contribution in [1.29, 1.82) is 0 Å². The molecule has 6 aromatic carbocycles. The molecule has 0 aliphatic rings. The molecule has 0 fully saturated rings.